The van der Waals surface area contributed by atoms with Crippen molar-refractivity contribution in [2.75, 3.05) is 5.73 Å². The lowest BCUT2D eigenvalue weighted by molar-refractivity contribution is 0.752. The molecule has 0 aliphatic heterocycles. The number of fused-ring (bicyclic) bond motifs is 2. The molecule has 142 valence electrons. The molecule has 0 aliphatic rings. The van der Waals surface area contributed by atoms with Crippen LogP contribution in [0.1, 0.15) is 11.3 Å². The molecule has 7 nitrogen and oxygen atoms in total. The lowest BCUT2D eigenvalue weighted by Crippen LogP contribution is -2.20. The Kier molecular flexibility index (Phi) is 3.87. The van der Waals surface area contributed by atoms with Crippen LogP contribution < -0.4 is 11.3 Å². The first-order chi connectivity index (χ1) is 14.1. The predicted octanol–water partition coefficient (Wildman–Crippen LogP) is 3.05. The number of anilines is 1. The molecule has 5 heterocycles. The summed E-state index contributed by atoms with van der Waals surface area (Å²) in [5.41, 5.74) is 10.1. The van der Waals surface area contributed by atoms with Gasteiger partial charge in [-0.05, 0) is 42.1 Å². The molecule has 0 unspecified atom stereocenters. The van der Waals surface area contributed by atoms with Gasteiger partial charge in [-0.1, -0.05) is 6.07 Å². The quantitative estimate of drug-likeness (QED) is 0.518. The number of rotatable bonds is 3. The molecule has 5 aromatic rings. The molecule has 0 saturated carbocycles. The van der Waals surface area contributed by atoms with Gasteiger partial charge in [0.25, 0.3) is 5.56 Å². The summed E-state index contributed by atoms with van der Waals surface area (Å²) in [5.74, 6) is 0.451. The number of aromatic nitrogens is 5. The Morgan fingerprint density at radius 1 is 1.00 bits per heavy atom. The van der Waals surface area contributed by atoms with Crippen LogP contribution in [0.5, 0.6) is 0 Å². The van der Waals surface area contributed by atoms with E-state index in [4.69, 9.17) is 5.73 Å². The first-order valence-electron chi connectivity index (χ1n) is 9.22. The van der Waals surface area contributed by atoms with E-state index in [0.717, 1.165) is 33.4 Å². The van der Waals surface area contributed by atoms with Gasteiger partial charge in [0, 0.05) is 48.3 Å². The van der Waals surface area contributed by atoms with E-state index < -0.39 is 0 Å². The molecule has 0 fully saturated rings. The molecule has 5 aromatic heterocycles. The summed E-state index contributed by atoms with van der Waals surface area (Å²) in [6.45, 7) is 2.43. The molecule has 0 spiro atoms. The summed E-state index contributed by atoms with van der Waals surface area (Å²) in [7, 11) is 0. The van der Waals surface area contributed by atoms with Crippen molar-refractivity contribution >= 4 is 22.2 Å². The zero-order chi connectivity index (χ0) is 20.0. The number of aryl methyl sites for hydroxylation is 1. The lowest BCUT2D eigenvalue weighted by Gasteiger charge is -2.09. The Hall–Kier alpha value is -4.00. The normalized spacial score (nSPS) is 11.3. The van der Waals surface area contributed by atoms with Gasteiger partial charge in [0.15, 0.2) is 0 Å². The van der Waals surface area contributed by atoms with E-state index in [2.05, 4.69) is 15.0 Å². The topological polar surface area (TPSA) is 91.1 Å². The van der Waals surface area contributed by atoms with Crippen molar-refractivity contribution in [2.45, 2.75) is 13.5 Å². The molecule has 2 N–H and O–H groups in total. The Bertz CT molecular complexity index is 1420. The highest BCUT2D eigenvalue weighted by molar-refractivity contribution is 5.95. The van der Waals surface area contributed by atoms with Gasteiger partial charge in [0.2, 0.25) is 0 Å². The summed E-state index contributed by atoms with van der Waals surface area (Å²) >= 11 is 0. The van der Waals surface area contributed by atoms with Crippen molar-refractivity contribution in [1.29, 1.82) is 0 Å². The SMILES string of the molecule is Cc1ccc2nc(Cn3ccc4c(-c5ccc(N)nc5)cncc4c3=O)cn2c1. The highest BCUT2D eigenvalue weighted by Crippen LogP contribution is 2.26. The van der Waals surface area contributed by atoms with Crippen molar-refractivity contribution in [3.05, 3.63) is 89.1 Å². The fourth-order valence-corrected chi connectivity index (χ4v) is 3.53. The van der Waals surface area contributed by atoms with Crippen LogP contribution in [0, 0.1) is 6.92 Å². The zero-order valence-electron chi connectivity index (χ0n) is 15.8. The Morgan fingerprint density at radius 3 is 2.72 bits per heavy atom. The van der Waals surface area contributed by atoms with Crippen LogP contribution in [0.15, 0.2) is 72.3 Å². The maximum Gasteiger partial charge on any atom is 0.260 e. The highest BCUT2D eigenvalue weighted by Gasteiger charge is 2.11. The Morgan fingerprint density at radius 2 is 1.90 bits per heavy atom. The predicted molar refractivity (Wildman–Crippen MR) is 113 cm³/mol. The van der Waals surface area contributed by atoms with Crippen molar-refractivity contribution < 1.29 is 0 Å². The van der Waals surface area contributed by atoms with Gasteiger partial charge in [0.05, 0.1) is 17.6 Å². The second kappa shape index (κ2) is 6.56. The van der Waals surface area contributed by atoms with Crippen molar-refractivity contribution in [3.63, 3.8) is 0 Å². The highest BCUT2D eigenvalue weighted by atomic mass is 16.1. The first kappa shape index (κ1) is 17.1. The Labute approximate surface area is 166 Å². The van der Waals surface area contributed by atoms with Crippen molar-refractivity contribution in [1.82, 2.24) is 23.9 Å². The van der Waals surface area contributed by atoms with Crippen LogP contribution in [0.4, 0.5) is 5.82 Å². The molecule has 0 bridgehead atoms. The van der Waals surface area contributed by atoms with Crippen LogP contribution in [0.2, 0.25) is 0 Å². The average Bonchev–Trinajstić information content (AvgIpc) is 3.12. The van der Waals surface area contributed by atoms with Crippen LogP contribution in [0.3, 0.4) is 0 Å². The largest absolute Gasteiger partial charge is 0.384 e. The number of nitrogens with zero attached hydrogens (tertiary/aromatic N) is 5. The minimum Gasteiger partial charge on any atom is -0.384 e. The number of nitrogens with two attached hydrogens (primary N) is 1. The van der Waals surface area contributed by atoms with E-state index in [9.17, 15) is 4.79 Å². The lowest BCUT2D eigenvalue weighted by atomic mass is 10.0. The molecular weight excluding hydrogens is 364 g/mol. The summed E-state index contributed by atoms with van der Waals surface area (Å²) in [6.07, 6.45) is 10.8. The molecule has 29 heavy (non-hydrogen) atoms. The maximum atomic E-state index is 13.1. The number of imidazole rings is 1. The number of pyridine rings is 4. The molecular formula is C22H18N6O. The third kappa shape index (κ3) is 3.02. The fraction of sp³-hybridized carbons (Fsp3) is 0.0909. The molecule has 0 amide bonds. The third-order valence-corrected chi connectivity index (χ3v) is 4.98. The summed E-state index contributed by atoms with van der Waals surface area (Å²) in [6, 6.07) is 9.54. The number of hydrogen-bond donors (Lipinski definition) is 1. The van der Waals surface area contributed by atoms with Gasteiger partial charge in [-0.3, -0.25) is 9.78 Å². The van der Waals surface area contributed by atoms with Gasteiger partial charge in [-0.25, -0.2) is 9.97 Å². The number of nitrogen functional groups attached to an aromatic ring is 1. The van der Waals surface area contributed by atoms with Crippen LogP contribution >= 0.6 is 0 Å². The number of hydrogen-bond acceptors (Lipinski definition) is 5. The minimum atomic E-state index is -0.103. The van der Waals surface area contributed by atoms with E-state index in [0.29, 0.717) is 17.7 Å². The van der Waals surface area contributed by atoms with E-state index >= 15 is 0 Å². The fourth-order valence-electron chi connectivity index (χ4n) is 3.53. The molecule has 0 radical (unpaired) electrons. The second-order valence-corrected chi connectivity index (χ2v) is 7.07. The first-order valence-corrected chi connectivity index (χ1v) is 9.22. The van der Waals surface area contributed by atoms with E-state index in [-0.39, 0.29) is 5.56 Å². The average molecular weight is 382 g/mol. The third-order valence-electron chi connectivity index (χ3n) is 4.98. The molecule has 7 heteroatoms. The monoisotopic (exact) mass is 382 g/mol. The summed E-state index contributed by atoms with van der Waals surface area (Å²) < 4.78 is 3.63. The van der Waals surface area contributed by atoms with Crippen LogP contribution in [0.25, 0.3) is 27.5 Å². The van der Waals surface area contributed by atoms with Gasteiger partial charge in [0.1, 0.15) is 11.5 Å². The van der Waals surface area contributed by atoms with Crippen LogP contribution in [-0.2, 0) is 6.54 Å². The zero-order valence-corrected chi connectivity index (χ0v) is 15.8. The molecule has 0 aromatic carbocycles. The van der Waals surface area contributed by atoms with Crippen molar-refractivity contribution in [2.24, 2.45) is 0 Å². The molecule has 0 aliphatic carbocycles. The molecule has 0 saturated heterocycles. The van der Waals surface area contributed by atoms with E-state index in [1.54, 1.807) is 35.4 Å². The Balaban J connectivity index is 1.58. The van der Waals surface area contributed by atoms with E-state index in [1.165, 1.54) is 0 Å². The second-order valence-electron chi connectivity index (χ2n) is 7.07. The van der Waals surface area contributed by atoms with E-state index in [1.807, 2.05) is 48.0 Å². The smallest absolute Gasteiger partial charge is 0.260 e. The minimum absolute atomic E-state index is 0.103. The van der Waals surface area contributed by atoms with Gasteiger partial charge >= 0.3 is 0 Å². The summed E-state index contributed by atoms with van der Waals surface area (Å²) in [5, 5.41) is 1.39. The standard InChI is InChI=1S/C22H18N6O/c1-14-2-5-21-26-16(13-28(21)11-14)12-27-7-6-17-18(9-24-10-19(17)22(27)29)15-3-4-20(23)25-8-15/h2-11,13H,12H2,1H3,(H2,23,25). The van der Waals surface area contributed by atoms with Gasteiger partial charge in [-0.15, -0.1) is 0 Å². The van der Waals surface area contributed by atoms with Crippen molar-refractivity contribution in [3.8, 4) is 11.1 Å². The maximum absolute atomic E-state index is 13.1. The molecule has 0 atom stereocenters. The molecule has 5 rings (SSSR count). The summed E-state index contributed by atoms with van der Waals surface area (Å²) in [4.78, 5) is 26.1. The van der Waals surface area contributed by atoms with Gasteiger partial charge < -0.3 is 14.7 Å². The van der Waals surface area contributed by atoms with Gasteiger partial charge in [-0.2, -0.15) is 0 Å². The van der Waals surface area contributed by atoms with Crippen LogP contribution in [-0.4, -0.2) is 23.9 Å².